The van der Waals surface area contributed by atoms with Crippen molar-refractivity contribution in [2.75, 3.05) is 6.61 Å². The summed E-state index contributed by atoms with van der Waals surface area (Å²) in [6.45, 7) is 6.81. The summed E-state index contributed by atoms with van der Waals surface area (Å²) in [6, 6.07) is 10.4. The molecule has 0 aromatic heterocycles. The average Bonchev–Trinajstić information content (AvgIpc) is 2.48. The highest BCUT2D eigenvalue weighted by Gasteiger charge is 2.25. The van der Waals surface area contributed by atoms with Crippen molar-refractivity contribution in [3.8, 4) is 11.5 Å². The first-order valence-electron chi connectivity index (χ1n) is 7.11. The fourth-order valence-corrected chi connectivity index (χ4v) is 3.13. The van der Waals surface area contributed by atoms with Crippen molar-refractivity contribution < 1.29 is 9.84 Å². The zero-order chi connectivity index (χ0) is 14.3. The van der Waals surface area contributed by atoms with Gasteiger partial charge in [-0.2, -0.15) is 0 Å². The maximum atomic E-state index is 10.1. The highest BCUT2D eigenvalue weighted by Crippen LogP contribution is 2.41. The van der Waals surface area contributed by atoms with Gasteiger partial charge in [-0.25, -0.2) is 0 Å². The number of benzene rings is 2. The predicted molar refractivity (Wildman–Crippen MR) is 80.7 cm³/mol. The molecule has 0 bridgehead atoms. The predicted octanol–water partition coefficient (Wildman–Crippen LogP) is 4.23. The van der Waals surface area contributed by atoms with E-state index >= 15 is 0 Å². The van der Waals surface area contributed by atoms with Crippen molar-refractivity contribution in [1.82, 2.24) is 0 Å². The third-order valence-corrected chi connectivity index (χ3v) is 4.43. The Morgan fingerprint density at radius 2 is 1.80 bits per heavy atom. The number of rotatable bonds is 1. The molecule has 0 saturated carbocycles. The average molecular weight is 268 g/mol. The SMILES string of the molecule is Cc1cc(C2CCOc3ccccc32)c(C)c(C)c1O. The summed E-state index contributed by atoms with van der Waals surface area (Å²) in [5.74, 6) is 1.77. The number of aryl methyl sites for hydroxylation is 1. The van der Waals surface area contributed by atoms with Gasteiger partial charge in [0.25, 0.3) is 0 Å². The third kappa shape index (κ3) is 1.96. The van der Waals surface area contributed by atoms with Gasteiger partial charge in [-0.15, -0.1) is 0 Å². The Morgan fingerprint density at radius 3 is 2.60 bits per heavy atom. The van der Waals surface area contributed by atoms with E-state index in [1.54, 1.807) is 0 Å². The van der Waals surface area contributed by atoms with Gasteiger partial charge >= 0.3 is 0 Å². The molecule has 0 saturated heterocycles. The number of phenolic OH excluding ortho intramolecular Hbond substituents is 1. The van der Waals surface area contributed by atoms with Crippen molar-refractivity contribution >= 4 is 0 Å². The minimum atomic E-state index is 0.359. The lowest BCUT2D eigenvalue weighted by Crippen LogP contribution is -2.16. The Morgan fingerprint density at radius 1 is 1.05 bits per heavy atom. The smallest absolute Gasteiger partial charge is 0.123 e. The van der Waals surface area contributed by atoms with Crippen LogP contribution in [-0.4, -0.2) is 11.7 Å². The molecule has 104 valence electrons. The molecule has 1 heterocycles. The van der Waals surface area contributed by atoms with Gasteiger partial charge < -0.3 is 9.84 Å². The van der Waals surface area contributed by atoms with Crippen molar-refractivity contribution in [2.24, 2.45) is 0 Å². The standard InChI is InChI=1S/C18H20O2/c1-11-10-16(12(2)13(3)18(11)19)14-8-9-20-17-7-5-4-6-15(14)17/h4-7,10,14,19H,8-9H2,1-3H3. The van der Waals surface area contributed by atoms with Crippen LogP contribution < -0.4 is 4.74 Å². The van der Waals surface area contributed by atoms with Gasteiger partial charge in [0.05, 0.1) is 6.61 Å². The number of hydrogen-bond acceptors (Lipinski definition) is 2. The largest absolute Gasteiger partial charge is 0.507 e. The fraction of sp³-hybridized carbons (Fsp3) is 0.333. The number of fused-ring (bicyclic) bond motifs is 1. The summed E-state index contributed by atoms with van der Waals surface area (Å²) >= 11 is 0. The highest BCUT2D eigenvalue weighted by atomic mass is 16.5. The van der Waals surface area contributed by atoms with Gasteiger partial charge in [0.15, 0.2) is 0 Å². The van der Waals surface area contributed by atoms with E-state index in [-0.39, 0.29) is 0 Å². The normalized spacial score (nSPS) is 17.4. The van der Waals surface area contributed by atoms with E-state index in [2.05, 4.69) is 25.1 Å². The monoisotopic (exact) mass is 268 g/mol. The van der Waals surface area contributed by atoms with Crippen LogP contribution in [0.3, 0.4) is 0 Å². The Balaban J connectivity index is 2.16. The molecular formula is C18H20O2. The second-order valence-corrected chi connectivity index (χ2v) is 5.61. The first-order valence-corrected chi connectivity index (χ1v) is 7.11. The van der Waals surface area contributed by atoms with Crippen LogP contribution >= 0.6 is 0 Å². The highest BCUT2D eigenvalue weighted by molar-refractivity contribution is 5.53. The molecule has 0 amide bonds. The zero-order valence-electron chi connectivity index (χ0n) is 12.2. The zero-order valence-corrected chi connectivity index (χ0v) is 12.2. The van der Waals surface area contributed by atoms with E-state index in [0.29, 0.717) is 11.7 Å². The van der Waals surface area contributed by atoms with Crippen LogP contribution in [-0.2, 0) is 0 Å². The summed E-state index contributed by atoms with van der Waals surface area (Å²) in [5, 5.41) is 10.1. The van der Waals surface area contributed by atoms with E-state index in [4.69, 9.17) is 4.74 Å². The van der Waals surface area contributed by atoms with Crippen LogP contribution in [0.5, 0.6) is 11.5 Å². The van der Waals surface area contributed by atoms with E-state index in [0.717, 1.165) is 29.9 Å². The lowest BCUT2D eigenvalue weighted by atomic mass is 9.82. The van der Waals surface area contributed by atoms with Gasteiger partial charge in [0.1, 0.15) is 11.5 Å². The van der Waals surface area contributed by atoms with Crippen LogP contribution in [0.2, 0.25) is 0 Å². The molecule has 1 aliphatic heterocycles. The summed E-state index contributed by atoms with van der Waals surface area (Å²) in [4.78, 5) is 0. The number of ether oxygens (including phenoxy) is 1. The molecule has 2 heteroatoms. The van der Waals surface area contributed by atoms with Crippen molar-refractivity contribution in [3.05, 3.63) is 58.1 Å². The Kier molecular flexibility index (Phi) is 3.17. The van der Waals surface area contributed by atoms with Crippen LogP contribution in [0.4, 0.5) is 0 Å². The van der Waals surface area contributed by atoms with E-state index in [9.17, 15) is 5.11 Å². The molecule has 1 atom stereocenters. The van der Waals surface area contributed by atoms with Crippen molar-refractivity contribution in [3.63, 3.8) is 0 Å². The molecule has 0 fully saturated rings. The molecular weight excluding hydrogens is 248 g/mol. The number of phenols is 1. The van der Waals surface area contributed by atoms with E-state index in [1.165, 1.54) is 16.7 Å². The molecule has 2 aromatic carbocycles. The van der Waals surface area contributed by atoms with Crippen LogP contribution in [0.25, 0.3) is 0 Å². The molecule has 20 heavy (non-hydrogen) atoms. The topological polar surface area (TPSA) is 29.5 Å². The lowest BCUT2D eigenvalue weighted by molar-refractivity contribution is 0.276. The quantitative estimate of drug-likeness (QED) is 0.838. The maximum Gasteiger partial charge on any atom is 0.123 e. The maximum absolute atomic E-state index is 10.1. The molecule has 0 spiro atoms. The molecule has 2 aromatic rings. The molecule has 0 aliphatic carbocycles. The van der Waals surface area contributed by atoms with Gasteiger partial charge in [-0.05, 0) is 55.5 Å². The van der Waals surface area contributed by atoms with Crippen molar-refractivity contribution in [2.45, 2.75) is 33.1 Å². The fourth-order valence-electron chi connectivity index (χ4n) is 3.13. The molecule has 1 aliphatic rings. The third-order valence-electron chi connectivity index (χ3n) is 4.43. The Labute approximate surface area is 120 Å². The van der Waals surface area contributed by atoms with Crippen LogP contribution in [0.15, 0.2) is 30.3 Å². The van der Waals surface area contributed by atoms with Gasteiger partial charge in [0, 0.05) is 11.5 Å². The Hall–Kier alpha value is -1.96. The molecule has 1 N–H and O–H groups in total. The summed E-state index contributed by atoms with van der Waals surface area (Å²) in [5.41, 5.74) is 5.70. The lowest BCUT2D eigenvalue weighted by Gasteiger charge is -2.28. The number of aromatic hydroxyl groups is 1. The van der Waals surface area contributed by atoms with Gasteiger partial charge in [0.2, 0.25) is 0 Å². The molecule has 1 unspecified atom stereocenters. The van der Waals surface area contributed by atoms with E-state index < -0.39 is 0 Å². The minimum absolute atomic E-state index is 0.359. The van der Waals surface area contributed by atoms with Crippen molar-refractivity contribution in [1.29, 1.82) is 0 Å². The summed E-state index contributed by atoms with van der Waals surface area (Å²) in [6.07, 6.45) is 0.988. The molecule has 2 nitrogen and oxygen atoms in total. The first kappa shape index (κ1) is 13.0. The summed E-state index contributed by atoms with van der Waals surface area (Å²) in [7, 11) is 0. The number of para-hydroxylation sites is 1. The number of hydrogen-bond donors (Lipinski definition) is 1. The molecule has 0 radical (unpaired) electrons. The van der Waals surface area contributed by atoms with E-state index in [1.807, 2.05) is 26.0 Å². The van der Waals surface area contributed by atoms with Crippen LogP contribution in [0, 0.1) is 20.8 Å². The molecule has 3 rings (SSSR count). The van der Waals surface area contributed by atoms with Gasteiger partial charge in [-0.3, -0.25) is 0 Å². The first-order chi connectivity index (χ1) is 9.59. The second-order valence-electron chi connectivity index (χ2n) is 5.61. The minimum Gasteiger partial charge on any atom is -0.507 e. The Bertz CT molecular complexity index is 659. The second kappa shape index (κ2) is 4.86. The van der Waals surface area contributed by atoms with Gasteiger partial charge in [-0.1, -0.05) is 24.3 Å². The van der Waals surface area contributed by atoms with Crippen LogP contribution in [0.1, 0.15) is 40.2 Å². The summed E-state index contributed by atoms with van der Waals surface area (Å²) < 4.78 is 5.75.